The van der Waals surface area contributed by atoms with E-state index in [0.29, 0.717) is 19.3 Å². The Morgan fingerprint density at radius 2 is 0.684 bits per heavy atom. The van der Waals surface area contributed by atoms with E-state index in [0.717, 1.165) is 135 Å². The van der Waals surface area contributed by atoms with Gasteiger partial charge in [-0.05, 0) is 103 Å². The number of allylic oxidation sites excluding steroid dienone is 14. The molecule has 0 N–H and O–H groups in total. The molecule has 0 fully saturated rings. The van der Waals surface area contributed by atoms with Gasteiger partial charge in [-0.2, -0.15) is 0 Å². The van der Waals surface area contributed by atoms with Crippen LogP contribution in [0.5, 0.6) is 0 Å². The molecule has 0 aromatic carbocycles. The minimum Gasteiger partial charge on any atom is -0.462 e. The van der Waals surface area contributed by atoms with Crippen LogP contribution in [-0.4, -0.2) is 37.2 Å². The van der Waals surface area contributed by atoms with Crippen molar-refractivity contribution in [3.05, 3.63) is 85.1 Å². The fraction of sp³-hybridized carbons (Fsp3) is 0.667. The molecule has 0 aromatic heterocycles. The molecule has 1 atom stereocenters. The maximum absolute atomic E-state index is 12.7. The van der Waals surface area contributed by atoms with Crippen molar-refractivity contribution in [3.8, 4) is 0 Å². The van der Waals surface area contributed by atoms with Crippen LogP contribution in [0.1, 0.15) is 201 Å². The van der Waals surface area contributed by atoms with Crippen molar-refractivity contribution in [1.82, 2.24) is 0 Å². The highest BCUT2D eigenvalue weighted by molar-refractivity contribution is 5.71. The zero-order valence-corrected chi connectivity index (χ0v) is 36.8. The molecule has 0 aliphatic heterocycles. The van der Waals surface area contributed by atoms with Crippen molar-refractivity contribution in [2.75, 3.05) is 13.2 Å². The molecule has 6 nitrogen and oxygen atoms in total. The molecule has 0 radical (unpaired) electrons. The molecule has 0 aliphatic rings. The second-order valence-corrected chi connectivity index (χ2v) is 14.9. The fourth-order valence-electron chi connectivity index (χ4n) is 5.88. The Morgan fingerprint density at radius 3 is 1.11 bits per heavy atom. The van der Waals surface area contributed by atoms with Crippen LogP contribution in [0, 0.1) is 0 Å². The van der Waals surface area contributed by atoms with Crippen LogP contribution >= 0.6 is 0 Å². The summed E-state index contributed by atoms with van der Waals surface area (Å²) in [4.78, 5) is 37.7. The average molecular weight is 793 g/mol. The van der Waals surface area contributed by atoms with E-state index in [9.17, 15) is 14.4 Å². The first-order chi connectivity index (χ1) is 28.0. The van der Waals surface area contributed by atoms with Crippen LogP contribution in [0.25, 0.3) is 0 Å². The zero-order valence-electron chi connectivity index (χ0n) is 36.8. The molecule has 0 rings (SSSR count). The van der Waals surface area contributed by atoms with E-state index < -0.39 is 6.10 Å². The van der Waals surface area contributed by atoms with Gasteiger partial charge in [0.25, 0.3) is 0 Å². The first-order valence-electron chi connectivity index (χ1n) is 23.1. The Kier molecular flexibility index (Phi) is 42.6. The van der Waals surface area contributed by atoms with Crippen LogP contribution in [0.2, 0.25) is 0 Å². The van der Waals surface area contributed by atoms with Crippen LogP contribution in [0.15, 0.2) is 85.1 Å². The number of hydrogen-bond acceptors (Lipinski definition) is 6. The Bertz CT molecular complexity index is 1140. The van der Waals surface area contributed by atoms with Crippen LogP contribution in [-0.2, 0) is 28.6 Å². The molecule has 0 saturated carbocycles. The van der Waals surface area contributed by atoms with Gasteiger partial charge in [0.05, 0.1) is 0 Å². The number of unbranched alkanes of at least 4 members (excludes halogenated alkanes) is 15. The highest BCUT2D eigenvalue weighted by Gasteiger charge is 2.19. The molecule has 57 heavy (non-hydrogen) atoms. The molecule has 6 heteroatoms. The number of esters is 3. The molecular weight excluding hydrogens is 709 g/mol. The molecule has 0 aromatic rings. The third-order valence-electron chi connectivity index (χ3n) is 9.32. The van der Waals surface area contributed by atoms with E-state index >= 15 is 0 Å². The van der Waals surface area contributed by atoms with Gasteiger partial charge in [-0.15, -0.1) is 0 Å². The summed E-state index contributed by atoms with van der Waals surface area (Å²) >= 11 is 0. The van der Waals surface area contributed by atoms with E-state index in [2.05, 4.69) is 106 Å². The quantitative estimate of drug-likeness (QED) is 0.0266. The van der Waals surface area contributed by atoms with E-state index in [1.165, 1.54) is 25.7 Å². The summed E-state index contributed by atoms with van der Waals surface area (Å²) in [6.45, 7) is 6.33. The number of carbonyl (C=O) groups excluding carboxylic acids is 3. The van der Waals surface area contributed by atoms with Crippen molar-refractivity contribution in [1.29, 1.82) is 0 Å². The van der Waals surface area contributed by atoms with Gasteiger partial charge in [-0.1, -0.05) is 164 Å². The lowest BCUT2D eigenvalue weighted by molar-refractivity contribution is -0.167. The van der Waals surface area contributed by atoms with Crippen molar-refractivity contribution in [2.45, 2.75) is 207 Å². The number of ether oxygens (including phenoxy) is 3. The summed E-state index contributed by atoms with van der Waals surface area (Å²) in [6, 6.07) is 0. The van der Waals surface area contributed by atoms with Crippen molar-refractivity contribution < 1.29 is 28.6 Å². The second kappa shape index (κ2) is 45.3. The molecule has 324 valence electrons. The third kappa shape index (κ3) is 43.6. The number of rotatable bonds is 40. The van der Waals surface area contributed by atoms with Crippen LogP contribution in [0.3, 0.4) is 0 Å². The Balaban J connectivity index is 4.41. The van der Waals surface area contributed by atoms with Gasteiger partial charge in [0.1, 0.15) is 13.2 Å². The van der Waals surface area contributed by atoms with Gasteiger partial charge >= 0.3 is 17.9 Å². The van der Waals surface area contributed by atoms with E-state index in [4.69, 9.17) is 14.2 Å². The molecule has 1 unspecified atom stereocenters. The van der Waals surface area contributed by atoms with Gasteiger partial charge in [0, 0.05) is 19.3 Å². The monoisotopic (exact) mass is 793 g/mol. The lowest BCUT2D eigenvalue weighted by Gasteiger charge is -2.18. The number of hydrogen-bond donors (Lipinski definition) is 0. The van der Waals surface area contributed by atoms with E-state index in [-0.39, 0.29) is 31.1 Å². The van der Waals surface area contributed by atoms with Gasteiger partial charge < -0.3 is 14.2 Å². The molecule has 0 spiro atoms. The lowest BCUT2D eigenvalue weighted by atomic mass is 10.1. The van der Waals surface area contributed by atoms with Crippen LogP contribution in [0.4, 0.5) is 0 Å². The lowest BCUT2D eigenvalue weighted by Crippen LogP contribution is -2.30. The Morgan fingerprint density at radius 1 is 0.368 bits per heavy atom. The molecule has 0 aliphatic carbocycles. The topological polar surface area (TPSA) is 78.9 Å². The molecule has 0 bridgehead atoms. The standard InChI is InChI=1S/C51H84O6/c1-4-7-10-13-16-19-22-23-24-25-26-27-28-29-30-33-35-38-41-44-50(53)56-47-48(57-51(54)45-42-39-36-32-21-18-15-12-9-6-3)46-55-49(52)43-40-37-34-31-20-17-14-11-8-5-2/h7,10-12,14-16,19,23-24,26-27,29-30,48H,4-6,8-9,13,17-18,20-22,25,28,31-47H2,1-3H3/b10-7-,14-11-,15-12-,19-16-,24-23-,27-26-,30-29-. The second-order valence-electron chi connectivity index (χ2n) is 14.9. The molecule has 0 amide bonds. The summed E-state index contributed by atoms with van der Waals surface area (Å²) in [5, 5.41) is 0. The minimum atomic E-state index is -0.795. The fourth-order valence-corrected chi connectivity index (χ4v) is 5.88. The Labute approximate surface area is 350 Å². The predicted octanol–water partition coefficient (Wildman–Crippen LogP) is 14.9. The average Bonchev–Trinajstić information content (AvgIpc) is 3.21. The summed E-state index contributed by atoms with van der Waals surface area (Å²) in [7, 11) is 0. The van der Waals surface area contributed by atoms with Gasteiger partial charge in [-0.3, -0.25) is 14.4 Å². The maximum atomic E-state index is 12.7. The van der Waals surface area contributed by atoms with Gasteiger partial charge in [0.15, 0.2) is 6.10 Å². The maximum Gasteiger partial charge on any atom is 0.306 e. The predicted molar refractivity (Wildman–Crippen MR) is 242 cm³/mol. The van der Waals surface area contributed by atoms with Crippen molar-refractivity contribution in [3.63, 3.8) is 0 Å². The third-order valence-corrected chi connectivity index (χ3v) is 9.32. The minimum absolute atomic E-state index is 0.0965. The summed E-state index contributed by atoms with van der Waals surface area (Å²) < 4.78 is 16.6. The SMILES string of the molecule is CC/C=C\C/C=C\C/C=C\C/C=C\C/C=C\CCCCCC(=O)OCC(COC(=O)CCCCCCC/C=C\CCC)OC(=O)CCCCCCC/C=C\CCC. The molecular formula is C51H84O6. The van der Waals surface area contributed by atoms with Crippen molar-refractivity contribution in [2.24, 2.45) is 0 Å². The largest absolute Gasteiger partial charge is 0.462 e. The summed E-state index contributed by atoms with van der Waals surface area (Å²) in [5.41, 5.74) is 0. The highest BCUT2D eigenvalue weighted by atomic mass is 16.6. The highest BCUT2D eigenvalue weighted by Crippen LogP contribution is 2.12. The normalized spacial score (nSPS) is 12.8. The van der Waals surface area contributed by atoms with E-state index in [1.807, 2.05) is 0 Å². The smallest absolute Gasteiger partial charge is 0.306 e. The first kappa shape index (κ1) is 53.6. The van der Waals surface area contributed by atoms with Crippen molar-refractivity contribution >= 4 is 17.9 Å². The summed E-state index contributed by atoms with van der Waals surface area (Å²) in [6.07, 6.45) is 57.1. The van der Waals surface area contributed by atoms with Crippen LogP contribution < -0.4 is 0 Å². The molecule has 0 saturated heterocycles. The first-order valence-corrected chi connectivity index (χ1v) is 23.1. The zero-order chi connectivity index (χ0) is 41.5. The van der Waals surface area contributed by atoms with Gasteiger partial charge in [-0.25, -0.2) is 0 Å². The van der Waals surface area contributed by atoms with E-state index in [1.54, 1.807) is 0 Å². The molecule has 0 heterocycles. The number of carbonyl (C=O) groups is 3. The Hall–Kier alpha value is -3.41. The summed E-state index contributed by atoms with van der Waals surface area (Å²) in [5.74, 6) is -0.959. The van der Waals surface area contributed by atoms with Gasteiger partial charge in [0.2, 0.25) is 0 Å².